The van der Waals surface area contributed by atoms with Crippen molar-refractivity contribution in [2.45, 2.75) is 26.3 Å². The number of carbonyl (C=O) groups excluding carboxylic acids is 2. The lowest BCUT2D eigenvalue weighted by Crippen LogP contribution is -2.38. The first-order valence-electron chi connectivity index (χ1n) is 5.25. The molecule has 1 aromatic rings. The molecule has 1 unspecified atom stereocenters. The molecule has 1 atom stereocenters. The molecule has 0 spiro atoms. The number of rotatable bonds is 4. The molecule has 0 aromatic heterocycles. The van der Waals surface area contributed by atoms with Gasteiger partial charge in [0.1, 0.15) is 5.82 Å². The van der Waals surface area contributed by atoms with E-state index in [0.29, 0.717) is 6.42 Å². The van der Waals surface area contributed by atoms with Crippen LogP contribution in [-0.2, 0) is 4.79 Å². The highest BCUT2D eigenvalue weighted by molar-refractivity contribution is 6.33. The topological polar surface area (TPSA) is 46.2 Å². The van der Waals surface area contributed by atoms with Gasteiger partial charge in [0, 0.05) is 6.42 Å². The Morgan fingerprint density at radius 1 is 1.47 bits per heavy atom. The molecular formula is C12H13ClFNO2. The maximum Gasteiger partial charge on any atom is 0.256 e. The van der Waals surface area contributed by atoms with Crippen molar-refractivity contribution in [1.29, 1.82) is 0 Å². The summed E-state index contributed by atoms with van der Waals surface area (Å²) in [4.78, 5) is 23.0. The molecule has 1 aromatic carbocycles. The quantitative estimate of drug-likeness (QED) is 0.901. The highest BCUT2D eigenvalue weighted by atomic mass is 35.5. The van der Waals surface area contributed by atoms with Gasteiger partial charge in [0.2, 0.25) is 0 Å². The molecule has 5 heteroatoms. The Labute approximate surface area is 104 Å². The van der Waals surface area contributed by atoms with Crippen molar-refractivity contribution in [2.24, 2.45) is 0 Å². The lowest BCUT2D eigenvalue weighted by molar-refractivity contribution is -0.120. The normalized spacial score (nSPS) is 12.0. The van der Waals surface area contributed by atoms with Gasteiger partial charge in [-0.25, -0.2) is 4.39 Å². The number of halogens is 2. The first-order valence-corrected chi connectivity index (χ1v) is 5.62. The van der Waals surface area contributed by atoms with Crippen LogP contribution in [0.3, 0.4) is 0 Å². The molecular weight excluding hydrogens is 245 g/mol. The van der Waals surface area contributed by atoms with Crippen molar-refractivity contribution in [3.63, 3.8) is 0 Å². The number of amides is 1. The van der Waals surface area contributed by atoms with Crippen LogP contribution in [0.25, 0.3) is 0 Å². The minimum atomic E-state index is -0.703. The Morgan fingerprint density at radius 2 is 2.12 bits per heavy atom. The summed E-state index contributed by atoms with van der Waals surface area (Å²) in [6, 6.07) is 3.33. The van der Waals surface area contributed by atoms with Gasteiger partial charge in [0.25, 0.3) is 5.91 Å². The minimum absolute atomic E-state index is 0.0265. The number of benzene rings is 1. The molecule has 0 heterocycles. The van der Waals surface area contributed by atoms with Gasteiger partial charge in [0.05, 0.1) is 16.6 Å². The van der Waals surface area contributed by atoms with E-state index in [4.69, 9.17) is 11.6 Å². The molecule has 0 fully saturated rings. The largest absolute Gasteiger partial charge is 0.342 e. The average molecular weight is 258 g/mol. The highest BCUT2D eigenvalue weighted by Crippen LogP contribution is 2.18. The predicted octanol–water partition coefficient (Wildman–Crippen LogP) is 2.58. The van der Waals surface area contributed by atoms with E-state index in [1.54, 1.807) is 13.8 Å². The molecule has 0 saturated carbocycles. The molecule has 1 N–H and O–H groups in total. The Kier molecular flexibility index (Phi) is 4.63. The first kappa shape index (κ1) is 13.6. The second-order valence-corrected chi connectivity index (χ2v) is 4.02. The molecule has 0 aliphatic heterocycles. The second-order valence-electron chi connectivity index (χ2n) is 3.61. The Balaban J connectivity index is 2.87. The van der Waals surface area contributed by atoms with E-state index in [0.717, 1.165) is 6.07 Å². The van der Waals surface area contributed by atoms with Crippen molar-refractivity contribution in [3.05, 3.63) is 34.6 Å². The summed E-state index contributed by atoms with van der Waals surface area (Å²) in [5.74, 6) is -1.50. The zero-order chi connectivity index (χ0) is 13.0. The highest BCUT2D eigenvalue weighted by Gasteiger charge is 2.19. The van der Waals surface area contributed by atoms with Crippen molar-refractivity contribution in [1.82, 2.24) is 5.32 Å². The van der Waals surface area contributed by atoms with Gasteiger partial charge in [-0.2, -0.15) is 0 Å². The third-order valence-corrected chi connectivity index (χ3v) is 2.68. The van der Waals surface area contributed by atoms with Crippen molar-refractivity contribution < 1.29 is 14.0 Å². The second kappa shape index (κ2) is 5.77. The first-order chi connectivity index (χ1) is 7.97. The number of hydrogen-bond acceptors (Lipinski definition) is 2. The molecule has 3 nitrogen and oxygen atoms in total. The van der Waals surface area contributed by atoms with Crippen LogP contribution in [0.15, 0.2) is 18.2 Å². The lowest BCUT2D eigenvalue weighted by atomic mass is 10.1. The van der Waals surface area contributed by atoms with Crippen molar-refractivity contribution in [3.8, 4) is 0 Å². The third kappa shape index (κ3) is 3.27. The van der Waals surface area contributed by atoms with E-state index >= 15 is 0 Å². The van der Waals surface area contributed by atoms with Crippen LogP contribution in [0.5, 0.6) is 0 Å². The molecule has 17 heavy (non-hydrogen) atoms. The molecule has 0 saturated heterocycles. The molecule has 0 bridgehead atoms. The van der Waals surface area contributed by atoms with Crippen LogP contribution >= 0.6 is 11.6 Å². The van der Waals surface area contributed by atoms with E-state index in [9.17, 15) is 14.0 Å². The minimum Gasteiger partial charge on any atom is -0.342 e. The summed E-state index contributed by atoms with van der Waals surface area (Å²) in [5.41, 5.74) is -0.232. The van der Waals surface area contributed by atoms with Crippen LogP contribution in [0.4, 0.5) is 4.39 Å². The lowest BCUT2D eigenvalue weighted by Gasteiger charge is -2.12. The van der Waals surface area contributed by atoms with Crippen molar-refractivity contribution in [2.75, 3.05) is 0 Å². The van der Waals surface area contributed by atoms with Crippen LogP contribution in [0.1, 0.15) is 30.6 Å². The zero-order valence-electron chi connectivity index (χ0n) is 9.59. The standard InChI is InChI=1S/C12H13ClFNO2/c1-3-10(16)7(2)15-12(17)11-8(13)5-4-6-9(11)14/h4-7H,3H2,1-2H3,(H,15,17). The van der Waals surface area contributed by atoms with E-state index in [1.807, 2.05) is 0 Å². The molecule has 92 valence electrons. The van der Waals surface area contributed by atoms with Gasteiger partial charge in [-0.15, -0.1) is 0 Å². The molecule has 0 aliphatic carbocycles. The number of hydrogen-bond donors (Lipinski definition) is 1. The smallest absolute Gasteiger partial charge is 0.256 e. The molecule has 0 aliphatic rings. The van der Waals surface area contributed by atoms with E-state index in [2.05, 4.69) is 5.32 Å². The summed E-state index contributed by atoms with van der Waals surface area (Å²) >= 11 is 5.74. The van der Waals surface area contributed by atoms with Gasteiger partial charge < -0.3 is 5.32 Å². The molecule has 0 radical (unpaired) electrons. The Bertz CT molecular complexity index is 428. The fourth-order valence-corrected chi connectivity index (χ4v) is 1.62. The van der Waals surface area contributed by atoms with Crippen LogP contribution in [0, 0.1) is 5.82 Å². The van der Waals surface area contributed by atoms with Gasteiger partial charge in [-0.1, -0.05) is 24.6 Å². The number of Topliss-reactive ketones (excluding diaryl/α,β-unsaturated/α-hetero) is 1. The summed E-state index contributed by atoms with van der Waals surface area (Å²) in [5, 5.41) is 2.44. The SMILES string of the molecule is CCC(=O)C(C)NC(=O)c1c(F)cccc1Cl. The number of carbonyl (C=O) groups is 2. The van der Waals surface area contributed by atoms with Gasteiger partial charge >= 0.3 is 0 Å². The monoisotopic (exact) mass is 257 g/mol. The Morgan fingerprint density at radius 3 is 2.65 bits per heavy atom. The van der Waals surface area contributed by atoms with Crippen LogP contribution in [0.2, 0.25) is 5.02 Å². The molecule has 1 amide bonds. The summed E-state index contributed by atoms with van der Waals surface area (Å²) in [6.07, 6.45) is 0.312. The average Bonchev–Trinajstić information content (AvgIpc) is 2.27. The van der Waals surface area contributed by atoms with Gasteiger partial charge in [-0.05, 0) is 19.1 Å². The van der Waals surface area contributed by atoms with Crippen molar-refractivity contribution >= 4 is 23.3 Å². The van der Waals surface area contributed by atoms with Gasteiger partial charge in [0.15, 0.2) is 5.78 Å². The van der Waals surface area contributed by atoms with Crippen LogP contribution in [-0.4, -0.2) is 17.7 Å². The maximum atomic E-state index is 13.4. The fourth-order valence-electron chi connectivity index (χ4n) is 1.37. The summed E-state index contributed by atoms with van der Waals surface area (Å²) in [6.45, 7) is 3.25. The van der Waals surface area contributed by atoms with E-state index in [-0.39, 0.29) is 16.4 Å². The Hall–Kier alpha value is -1.42. The summed E-state index contributed by atoms with van der Waals surface area (Å²) in [7, 11) is 0. The van der Waals surface area contributed by atoms with Crippen LogP contribution < -0.4 is 5.32 Å². The van der Waals surface area contributed by atoms with E-state index in [1.165, 1.54) is 12.1 Å². The van der Waals surface area contributed by atoms with Gasteiger partial charge in [-0.3, -0.25) is 9.59 Å². The fraction of sp³-hybridized carbons (Fsp3) is 0.333. The summed E-state index contributed by atoms with van der Waals surface area (Å²) < 4.78 is 13.4. The maximum absolute atomic E-state index is 13.4. The molecule has 1 rings (SSSR count). The van der Waals surface area contributed by atoms with E-state index < -0.39 is 17.8 Å². The zero-order valence-corrected chi connectivity index (χ0v) is 10.3. The number of ketones is 1. The predicted molar refractivity (Wildman–Crippen MR) is 63.6 cm³/mol. The number of nitrogens with one attached hydrogen (secondary N) is 1. The third-order valence-electron chi connectivity index (χ3n) is 2.37.